The molecule has 1 aliphatic heterocycles. The van der Waals surface area contributed by atoms with Crippen molar-refractivity contribution < 1.29 is 4.74 Å². The third kappa shape index (κ3) is 8.63. The van der Waals surface area contributed by atoms with Crippen molar-refractivity contribution in [2.45, 2.75) is 59.1 Å². The van der Waals surface area contributed by atoms with Crippen LogP contribution in [0.15, 0.2) is 24.3 Å². The van der Waals surface area contributed by atoms with E-state index in [0.717, 1.165) is 37.8 Å². The van der Waals surface area contributed by atoms with Gasteiger partial charge in [-0.15, -0.1) is 24.8 Å². The second-order valence-electron chi connectivity index (χ2n) is 8.06. The Hall–Kier alpha value is -0.480. The fraction of sp³-hybridized carbons (Fsp3) is 0.700. The highest BCUT2D eigenvalue weighted by Gasteiger charge is 2.22. The van der Waals surface area contributed by atoms with Crippen LogP contribution in [0.4, 0.5) is 0 Å². The van der Waals surface area contributed by atoms with Crippen LogP contribution in [0.25, 0.3) is 0 Å². The second kappa shape index (κ2) is 11.3. The van der Waals surface area contributed by atoms with Crippen molar-refractivity contribution in [2.24, 2.45) is 5.92 Å². The van der Waals surface area contributed by atoms with E-state index in [1.807, 2.05) is 0 Å². The van der Waals surface area contributed by atoms with E-state index in [0.29, 0.717) is 6.04 Å². The molecule has 1 saturated heterocycles. The minimum Gasteiger partial charge on any atom is -0.488 e. The maximum atomic E-state index is 5.96. The van der Waals surface area contributed by atoms with Crippen molar-refractivity contribution in [2.75, 3.05) is 26.2 Å². The topological polar surface area (TPSA) is 24.5 Å². The number of halogens is 2. The standard InChI is InChI=1S/C20H34N2O.2ClH/c1-16(2)6-11-19(22-14-12-21-13-15-22)17-7-9-18(10-8-17)23-20(3,4)5;;/h7-10,16,19,21H,6,11-15H2,1-5H3;2*1H/t19-;;/m0../s1. The number of piperazine rings is 1. The maximum Gasteiger partial charge on any atom is 0.120 e. The van der Waals surface area contributed by atoms with E-state index in [9.17, 15) is 0 Å². The van der Waals surface area contributed by atoms with E-state index in [1.165, 1.54) is 18.4 Å². The molecule has 0 unspecified atom stereocenters. The summed E-state index contributed by atoms with van der Waals surface area (Å²) >= 11 is 0. The lowest BCUT2D eigenvalue weighted by atomic mass is 9.95. The van der Waals surface area contributed by atoms with Crippen LogP contribution in [0.2, 0.25) is 0 Å². The van der Waals surface area contributed by atoms with Gasteiger partial charge in [0.15, 0.2) is 0 Å². The van der Waals surface area contributed by atoms with Crippen molar-refractivity contribution in [3.05, 3.63) is 29.8 Å². The van der Waals surface area contributed by atoms with Crippen LogP contribution in [0.1, 0.15) is 59.1 Å². The summed E-state index contributed by atoms with van der Waals surface area (Å²) in [7, 11) is 0. The first-order valence-corrected chi connectivity index (χ1v) is 9.09. The number of hydrogen-bond acceptors (Lipinski definition) is 3. The van der Waals surface area contributed by atoms with Crippen molar-refractivity contribution in [1.82, 2.24) is 10.2 Å². The Labute approximate surface area is 166 Å². The van der Waals surface area contributed by atoms with Crippen LogP contribution >= 0.6 is 24.8 Å². The van der Waals surface area contributed by atoms with E-state index >= 15 is 0 Å². The Morgan fingerprint density at radius 2 is 1.56 bits per heavy atom. The third-order valence-electron chi connectivity index (χ3n) is 4.30. The molecular formula is C20H36Cl2N2O. The quantitative estimate of drug-likeness (QED) is 0.731. The average Bonchev–Trinajstić information content (AvgIpc) is 2.48. The molecule has 25 heavy (non-hydrogen) atoms. The van der Waals surface area contributed by atoms with Gasteiger partial charge in [-0.05, 0) is 57.2 Å². The van der Waals surface area contributed by atoms with Crippen molar-refractivity contribution in [1.29, 1.82) is 0 Å². The zero-order chi connectivity index (χ0) is 16.9. The summed E-state index contributed by atoms with van der Waals surface area (Å²) in [6, 6.07) is 9.31. The zero-order valence-corrected chi connectivity index (χ0v) is 18.0. The fourth-order valence-electron chi connectivity index (χ4n) is 3.16. The summed E-state index contributed by atoms with van der Waals surface area (Å²) in [6.07, 6.45) is 2.51. The number of nitrogens with one attached hydrogen (secondary N) is 1. The van der Waals surface area contributed by atoms with Crippen LogP contribution in [-0.2, 0) is 0 Å². The molecule has 1 aromatic carbocycles. The van der Waals surface area contributed by atoms with E-state index < -0.39 is 0 Å². The molecule has 3 nitrogen and oxygen atoms in total. The molecule has 0 aromatic heterocycles. The molecule has 0 aliphatic carbocycles. The van der Waals surface area contributed by atoms with Gasteiger partial charge in [-0.1, -0.05) is 26.0 Å². The first-order valence-electron chi connectivity index (χ1n) is 9.09. The molecule has 1 heterocycles. The Balaban J connectivity index is 0.00000288. The number of hydrogen-bond donors (Lipinski definition) is 1. The fourth-order valence-corrected chi connectivity index (χ4v) is 3.16. The number of ether oxygens (including phenoxy) is 1. The molecule has 1 aromatic rings. The highest BCUT2D eigenvalue weighted by atomic mass is 35.5. The minimum absolute atomic E-state index is 0. The number of benzene rings is 1. The van der Waals surface area contributed by atoms with Gasteiger partial charge in [0.25, 0.3) is 0 Å². The Bertz CT molecular complexity index is 466. The maximum absolute atomic E-state index is 5.96. The molecule has 0 radical (unpaired) electrons. The predicted octanol–water partition coefficient (Wildman–Crippen LogP) is 5.09. The average molecular weight is 391 g/mol. The van der Waals surface area contributed by atoms with Gasteiger partial charge in [0, 0.05) is 32.2 Å². The van der Waals surface area contributed by atoms with Gasteiger partial charge >= 0.3 is 0 Å². The summed E-state index contributed by atoms with van der Waals surface area (Å²) in [5.41, 5.74) is 1.28. The van der Waals surface area contributed by atoms with Crippen LogP contribution in [0.3, 0.4) is 0 Å². The summed E-state index contributed by atoms with van der Waals surface area (Å²) in [4.78, 5) is 2.64. The lowest BCUT2D eigenvalue weighted by Crippen LogP contribution is -2.45. The molecule has 1 fully saturated rings. The lowest BCUT2D eigenvalue weighted by molar-refractivity contribution is 0.130. The van der Waals surface area contributed by atoms with Gasteiger partial charge in [-0.25, -0.2) is 0 Å². The van der Waals surface area contributed by atoms with Gasteiger partial charge in [-0.3, -0.25) is 4.90 Å². The molecule has 0 bridgehead atoms. The molecule has 1 aliphatic rings. The summed E-state index contributed by atoms with van der Waals surface area (Å²) in [5, 5.41) is 3.46. The highest BCUT2D eigenvalue weighted by Crippen LogP contribution is 2.29. The molecule has 1 N–H and O–H groups in total. The summed E-state index contributed by atoms with van der Waals surface area (Å²) in [6.45, 7) is 15.4. The normalized spacial score (nSPS) is 16.7. The van der Waals surface area contributed by atoms with E-state index in [2.05, 4.69) is 69.1 Å². The van der Waals surface area contributed by atoms with E-state index in [-0.39, 0.29) is 30.4 Å². The Kier molecular flexibility index (Phi) is 11.1. The predicted molar refractivity (Wildman–Crippen MR) is 113 cm³/mol. The first kappa shape index (κ1) is 24.5. The third-order valence-corrected chi connectivity index (χ3v) is 4.30. The SMILES string of the molecule is CC(C)CC[C@@H](c1ccc(OC(C)(C)C)cc1)N1CCNCC1.Cl.Cl. The van der Waals surface area contributed by atoms with Gasteiger partial charge < -0.3 is 10.1 Å². The molecule has 0 amide bonds. The molecule has 0 saturated carbocycles. The largest absolute Gasteiger partial charge is 0.488 e. The van der Waals surface area contributed by atoms with E-state index in [1.54, 1.807) is 0 Å². The molecular weight excluding hydrogens is 355 g/mol. The van der Waals surface area contributed by atoms with Gasteiger partial charge in [-0.2, -0.15) is 0 Å². The van der Waals surface area contributed by atoms with Crippen LogP contribution in [0, 0.1) is 5.92 Å². The minimum atomic E-state index is -0.142. The number of rotatable bonds is 6. The summed E-state index contributed by atoms with van der Waals surface area (Å²) < 4.78 is 5.96. The number of nitrogens with zero attached hydrogens (tertiary/aromatic N) is 1. The van der Waals surface area contributed by atoms with Crippen LogP contribution in [0.5, 0.6) is 5.75 Å². The molecule has 5 heteroatoms. The van der Waals surface area contributed by atoms with Crippen LogP contribution < -0.4 is 10.1 Å². The highest BCUT2D eigenvalue weighted by molar-refractivity contribution is 5.85. The van der Waals surface area contributed by atoms with Crippen molar-refractivity contribution >= 4 is 24.8 Å². The molecule has 0 spiro atoms. The van der Waals surface area contributed by atoms with Gasteiger partial charge in [0.05, 0.1) is 0 Å². The first-order chi connectivity index (χ1) is 10.8. The zero-order valence-electron chi connectivity index (χ0n) is 16.4. The van der Waals surface area contributed by atoms with Crippen molar-refractivity contribution in [3.63, 3.8) is 0 Å². The second-order valence-corrected chi connectivity index (χ2v) is 8.06. The summed E-state index contributed by atoms with van der Waals surface area (Å²) in [5.74, 6) is 1.72. The Morgan fingerprint density at radius 1 is 1.00 bits per heavy atom. The lowest BCUT2D eigenvalue weighted by Gasteiger charge is -2.36. The molecule has 2 rings (SSSR count). The Morgan fingerprint density at radius 3 is 2.04 bits per heavy atom. The van der Waals surface area contributed by atoms with E-state index in [4.69, 9.17) is 4.74 Å². The van der Waals surface area contributed by atoms with Gasteiger partial charge in [0.2, 0.25) is 0 Å². The van der Waals surface area contributed by atoms with Crippen molar-refractivity contribution in [3.8, 4) is 5.75 Å². The molecule has 146 valence electrons. The molecule has 1 atom stereocenters. The monoisotopic (exact) mass is 390 g/mol. The van der Waals surface area contributed by atoms with Crippen LogP contribution in [-0.4, -0.2) is 36.7 Å². The smallest absolute Gasteiger partial charge is 0.120 e. The van der Waals surface area contributed by atoms with Gasteiger partial charge in [0.1, 0.15) is 11.4 Å².